The maximum absolute atomic E-state index is 10.6. The van der Waals surface area contributed by atoms with Gasteiger partial charge in [0.2, 0.25) is 10.0 Å². The predicted octanol–water partition coefficient (Wildman–Crippen LogP) is 0.251. The van der Waals surface area contributed by atoms with E-state index in [0.717, 1.165) is 25.9 Å². The van der Waals surface area contributed by atoms with Crippen molar-refractivity contribution in [3.8, 4) is 0 Å². The van der Waals surface area contributed by atoms with Crippen molar-refractivity contribution in [3.63, 3.8) is 0 Å². The van der Waals surface area contributed by atoms with Gasteiger partial charge in [-0.3, -0.25) is 0 Å². The maximum atomic E-state index is 10.6. The second kappa shape index (κ2) is 6.42. The molecule has 0 saturated carbocycles. The average molecular weight is 237 g/mol. The zero-order valence-corrected chi connectivity index (χ0v) is 9.67. The highest BCUT2D eigenvalue weighted by molar-refractivity contribution is 7.89. The molecule has 90 valence electrons. The second-order valence-electron chi connectivity index (χ2n) is 3.78. The van der Waals surface area contributed by atoms with Crippen molar-refractivity contribution in [2.24, 2.45) is 5.14 Å². The summed E-state index contributed by atoms with van der Waals surface area (Å²) in [5, 5.41) is 4.87. The van der Waals surface area contributed by atoms with Crippen LogP contribution >= 0.6 is 0 Å². The third kappa shape index (κ3) is 6.83. The van der Waals surface area contributed by atoms with Gasteiger partial charge in [0, 0.05) is 13.2 Å². The van der Waals surface area contributed by atoms with Crippen molar-refractivity contribution in [2.75, 3.05) is 25.6 Å². The normalized spacial score (nSPS) is 22.1. The summed E-state index contributed by atoms with van der Waals surface area (Å²) < 4.78 is 31.9. The van der Waals surface area contributed by atoms with E-state index in [1.807, 2.05) is 0 Å². The zero-order valence-electron chi connectivity index (χ0n) is 8.85. The lowest BCUT2D eigenvalue weighted by Gasteiger charge is -2.08. The number of unbranched alkanes of at least 4 members (excludes halogenated alkanes) is 2. The van der Waals surface area contributed by atoms with E-state index in [2.05, 4.69) is 0 Å². The Morgan fingerprint density at radius 3 is 2.73 bits per heavy atom. The van der Waals surface area contributed by atoms with Crippen LogP contribution in [0.2, 0.25) is 0 Å². The first-order valence-corrected chi connectivity index (χ1v) is 6.99. The molecule has 0 radical (unpaired) electrons. The highest BCUT2D eigenvalue weighted by atomic mass is 32.2. The molecule has 0 aromatic heterocycles. The molecule has 1 rings (SSSR count). The third-order valence-electron chi connectivity index (χ3n) is 2.31. The molecule has 0 spiro atoms. The van der Waals surface area contributed by atoms with E-state index < -0.39 is 10.0 Å². The van der Waals surface area contributed by atoms with E-state index in [1.165, 1.54) is 0 Å². The van der Waals surface area contributed by atoms with E-state index in [-0.39, 0.29) is 11.9 Å². The molecule has 0 aromatic carbocycles. The molecule has 0 aliphatic carbocycles. The number of primary sulfonamides is 1. The fourth-order valence-corrected chi connectivity index (χ4v) is 2.08. The molecular weight excluding hydrogens is 218 g/mol. The molecule has 1 atom stereocenters. The fourth-order valence-electron chi connectivity index (χ4n) is 1.48. The van der Waals surface area contributed by atoms with Gasteiger partial charge in [-0.15, -0.1) is 0 Å². The minimum Gasteiger partial charge on any atom is -0.379 e. The van der Waals surface area contributed by atoms with Crippen molar-refractivity contribution < 1.29 is 17.9 Å². The molecule has 1 fully saturated rings. The average Bonchev–Trinajstić information content (AvgIpc) is 2.61. The Balaban J connectivity index is 1.89. The van der Waals surface area contributed by atoms with E-state index >= 15 is 0 Å². The van der Waals surface area contributed by atoms with Crippen LogP contribution in [-0.2, 0) is 19.5 Å². The summed E-state index contributed by atoms with van der Waals surface area (Å²) in [4.78, 5) is 0. The second-order valence-corrected chi connectivity index (χ2v) is 5.52. The first kappa shape index (κ1) is 12.9. The highest BCUT2D eigenvalue weighted by Gasteiger charge is 2.15. The van der Waals surface area contributed by atoms with Crippen LogP contribution in [-0.4, -0.2) is 40.1 Å². The monoisotopic (exact) mass is 237 g/mol. The number of hydrogen-bond acceptors (Lipinski definition) is 4. The van der Waals surface area contributed by atoms with Crippen LogP contribution in [0.4, 0.5) is 0 Å². The van der Waals surface area contributed by atoms with Gasteiger partial charge in [0.1, 0.15) is 0 Å². The molecule has 0 aromatic rings. The predicted molar refractivity (Wildman–Crippen MR) is 57.0 cm³/mol. The summed E-state index contributed by atoms with van der Waals surface area (Å²) in [6, 6.07) is 0. The molecule has 15 heavy (non-hydrogen) atoms. The topological polar surface area (TPSA) is 78.6 Å². The lowest BCUT2D eigenvalue weighted by Crippen LogP contribution is -2.16. The first-order chi connectivity index (χ1) is 7.08. The minimum atomic E-state index is -3.29. The Kier molecular flexibility index (Phi) is 5.52. The summed E-state index contributed by atoms with van der Waals surface area (Å²) in [7, 11) is -3.29. The third-order valence-corrected chi connectivity index (χ3v) is 3.17. The van der Waals surface area contributed by atoms with Crippen LogP contribution in [0, 0.1) is 0 Å². The molecule has 6 heteroatoms. The van der Waals surface area contributed by atoms with Gasteiger partial charge < -0.3 is 9.47 Å². The number of nitrogens with two attached hydrogens (primary N) is 1. The molecule has 0 amide bonds. The smallest absolute Gasteiger partial charge is 0.209 e. The van der Waals surface area contributed by atoms with Crippen molar-refractivity contribution in [2.45, 2.75) is 31.8 Å². The molecule has 1 heterocycles. The molecule has 1 aliphatic heterocycles. The maximum Gasteiger partial charge on any atom is 0.209 e. The Hall–Kier alpha value is -0.170. The quantitative estimate of drug-likeness (QED) is 0.644. The number of ether oxygens (including phenoxy) is 2. The van der Waals surface area contributed by atoms with Crippen LogP contribution in [0.25, 0.3) is 0 Å². The van der Waals surface area contributed by atoms with E-state index in [1.54, 1.807) is 0 Å². The minimum absolute atomic E-state index is 0.0690. The Labute approximate surface area is 91.0 Å². The lowest BCUT2D eigenvalue weighted by molar-refractivity contribution is 0.0407. The van der Waals surface area contributed by atoms with Gasteiger partial charge in [-0.05, 0) is 19.3 Å². The van der Waals surface area contributed by atoms with Crippen molar-refractivity contribution >= 4 is 10.0 Å². The first-order valence-electron chi connectivity index (χ1n) is 5.28. The lowest BCUT2D eigenvalue weighted by atomic mass is 10.2. The summed E-state index contributed by atoms with van der Waals surface area (Å²) in [6.07, 6.45) is 3.54. The summed E-state index contributed by atoms with van der Waals surface area (Å²) in [5.74, 6) is 0.0690. The SMILES string of the molecule is NS(=O)(=O)CCCCCOC1CCOC1. The summed E-state index contributed by atoms with van der Waals surface area (Å²) in [6.45, 7) is 2.16. The Morgan fingerprint density at radius 2 is 2.13 bits per heavy atom. The summed E-state index contributed by atoms with van der Waals surface area (Å²) in [5.41, 5.74) is 0. The van der Waals surface area contributed by atoms with E-state index in [9.17, 15) is 8.42 Å². The Bertz CT molecular complexity index is 259. The molecule has 0 bridgehead atoms. The Morgan fingerprint density at radius 1 is 1.33 bits per heavy atom. The van der Waals surface area contributed by atoms with Gasteiger partial charge in [-0.1, -0.05) is 6.42 Å². The van der Waals surface area contributed by atoms with Crippen LogP contribution < -0.4 is 5.14 Å². The van der Waals surface area contributed by atoms with Gasteiger partial charge in [0.05, 0.1) is 18.5 Å². The zero-order chi connectivity index (χ0) is 11.1. The van der Waals surface area contributed by atoms with Crippen LogP contribution in [0.5, 0.6) is 0 Å². The standard InChI is InChI=1S/C9H19NO4S/c10-15(11,12)7-3-1-2-5-14-9-4-6-13-8-9/h9H,1-8H2,(H2,10,11,12). The van der Waals surface area contributed by atoms with Crippen LogP contribution in [0.1, 0.15) is 25.7 Å². The molecule has 5 nitrogen and oxygen atoms in total. The van der Waals surface area contributed by atoms with Gasteiger partial charge in [0.25, 0.3) is 0 Å². The van der Waals surface area contributed by atoms with Crippen LogP contribution in [0.3, 0.4) is 0 Å². The van der Waals surface area contributed by atoms with E-state index in [4.69, 9.17) is 14.6 Å². The number of rotatable bonds is 7. The van der Waals surface area contributed by atoms with Crippen LogP contribution in [0.15, 0.2) is 0 Å². The van der Waals surface area contributed by atoms with Crippen molar-refractivity contribution in [1.82, 2.24) is 0 Å². The van der Waals surface area contributed by atoms with Gasteiger partial charge >= 0.3 is 0 Å². The molecule has 1 unspecified atom stereocenters. The molecule has 1 aliphatic rings. The largest absolute Gasteiger partial charge is 0.379 e. The number of sulfonamides is 1. The van der Waals surface area contributed by atoms with Gasteiger partial charge in [-0.25, -0.2) is 13.6 Å². The molecule has 1 saturated heterocycles. The van der Waals surface area contributed by atoms with Crippen molar-refractivity contribution in [3.05, 3.63) is 0 Å². The van der Waals surface area contributed by atoms with Crippen molar-refractivity contribution in [1.29, 1.82) is 0 Å². The summed E-state index contributed by atoms with van der Waals surface area (Å²) >= 11 is 0. The highest BCUT2D eigenvalue weighted by Crippen LogP contribution is 2.09. The molecule has 2 N–H and O–H groups in total. The molecular formula is C9H19NO4S. The van der Waals surface area contributed by atoms with Gasteiger partial charge in [-0.2, -0.15) is 0 Å². The fraction of sp³-hybridized carbons (Fsp3) is 1.00. The number of hydrogen-bond donors (Lipinski definition) is 1. The van der Waals surface area contributed by atoms with Gasteiger partial charge in [0.15, 0.2) is 0 Å². The van der Waals surface area contributed by atoms with E-state index in [0.29, 0.717) is 19.6 Å².